The lowest BCUT2D eigenvalue weighted by atomic mass is 10.2. The number of methoxy groups -OCH3 is 3. The van der Waals surface area contributed by atoms with Crippen molar-refractivity contribution in [2.75, 3.05) is 39.0 Å². The van der Waals surface area contributed by atoms with Gasteiger partial charge in [0, 0.05) is 36.0 Å². The molecule has 1 amide bonds. The van der Waals surface area contributed by atoms with Crippen molar-refractivity contribution in [2.24, 2.45) is 0 Å². The van der Waals surface area contributed by atoms with Gasteiger partial charge in [-0.3, -0.25) is 14.2 Å². The van der Waals surface area contributed by atoms with E-state index < -0.39 is 0 Å². The fourth-order valence-electron chi connectivity index (χ4n) is 2.87. The van der Waals surface area contributed by atoms with Crippen LogP contribution >= 0.6 is 23.4 Å². The Kier molecular flexibility index (Phi) is 7.78. The number of ether oxygens (including phenoxy) is 3. The number of anilines is 1. The van der Waals surface area contributed by atoms with Gasteiger partial charge in [-0.25, -0.2) is 4.98 Å². The van der Waals surface area contributed by atoms with E-state index in [9.17, 15) is 9.59 Å². The lowest BCUT2D eigenvalue weighted by Crippen LogP contribution is -2.26. The number of hydrogen-bond acceptors (Lipinski definition) is 7. The topological polar surface area (TPSA) is 91.7 Å². The Balaban J connectivity index is 1.82. The summed E-state index contributed by atoms with van der Waals surface area (Å²) >= 11 is 7.21. The van der Waals surface area contributed by atoms with Crippen LogP contribution in [-0.2, 0) is 16.1 Å². The van der Waals surface area contributed by atoms with Crippen molar-refractivity contribution in [2.45, 2.75) is 11.7 Å². The first-order valence-corrected chi connectivity index (χ1v) is 10.7. The molecule has 0 unspecified atom stereocenters. The van der Waals surface area contributed by atoms with E-state index in [0.29, 0.717) is 51.4 Å². The molecule has 3 rings (SSSR count). The predicted molar refractivity (Wildman–Crippen MR) is 122 cm³/mol. The Hall–Kier alpha value is -2.75. The van der Waals surface area contributed by atoms with E-state index >= 15 is 0 Å². The number of fused-ring (bicyclic) bond motifs is 1. The van der Waals surface area contributed by atoms with E-state index in [2.05, 4.69) is 10.3 Å². The molecule has 8 nitrogen and oxygen atoms in total. The van der Waals surface area contributed by atoms with E-state index in [1.165, 1.54) is 18.8 Å². The van der Waals surface area contributed by atoms with Crippen LogP contribution < -0.4 is 20.3 Å². The third-order valence-corrected chi connectivity index (χ3v) is 5.58. The molecule has 1 heterocycles. The summed E-state index contributed by atoms with van der Waals surface area (Å²) in [7, 11) is 4.63. The molecule has 1 aromatic heterocycles. The number of hydrogen-bond donors (Lipinski definition) is 1. The molecule has 3 aromatic rings. The van der Waals surface area contributed by atoms with Gasteiger partial charge >= 0.3 is 0 Å². The molecule has 10 heteroatoms. The molecule has 31 heavy (non-hydrogen) atoms. The molecule has 0 spiro atoms. The van der Waals surface area contributed by atoms with Gasteiger partial charge in [-0.05, 0) is 18.2 Å². The number of halogens is 1. The molecule has 0 atom stereocenters. The van der Waals surface area contributed by atoms with Crippen molar-refractivity contribution in [1.82, 2.24) is 9.55 Å². The van der Waals surface area contributed by atoms with Gasteiger partial charge in [-0.1, -0.05) is 23.4 Å². The number of carbonyl (C=O) groups is 1. The number of rotatable bonds is 9. The van der Waals surface area contributed by atoms with Crippen LogP contribution in [0.5, 0.6) is 11.5 Å². The molecule has 164 valence electrons. The lowest BCUT2D eigenvalue weighted by Gasteiger charge is -2.13. The van der Waals surface area contributed by atoms with Crippen molar-refractivity contribution in [3.05, 3.63) is 51.8 Å². The number of amides is 1. The maximum Gasteiger partial charge on any atom is 0.262 e. The fraction of sp³-hybridized carbons (Fsp3) is 0.286. The van der Waals surface area contributed by atoms with Gasteiger partial charge in [-0.2, -0.15) is 0 Å². The summed E-state index contributed by atoms with van der Waals surface area (Å²) in [5.41, 5.74) is 0.808. The van der Waals surface area contributed by atoms with E-state index in [4.69, 9.17) is 25.8 Å². The molecule has 0 aliphatic rings. The van der Waals surface area contributed by atoms with Crippen molar-refractivity contribution in [3.63, 3.8) is 0 Å². The molecule has 0 aliphatic carbocycles. The Labute approximate surface area is 188 Å². The molecule has 0 bridgehead atoms. The standard InChI is InChI=1S/C21H22ClN3O5S/c1-28-7-6-25-20(27)17-5-4-13(22)8-18(17)24-21(25)31-12-19(26)23-14-9-15(29-2)11-16(10-14)30-3/h4-5,8-11H,6-7,12H2,1-3H3,(H,23,26). The third kappa shape index (κ3) is 5.69. The second-order valence-electron chi connectivity index (χ2n) is 6.44. The van der Waals surface area contributed by atoms with Gasteiger partial charge in [0.25, 0.3) is 5.56 Å². The highest BCUT2D eigenvalue weighted by Gasteiger charge is 2.14. The van der Waals surface area contributed by atoms with Gasteiger partial charge in [0.2, 0.25) is 5.91 Å². The van der Waals surface area contributed by atoms with E-state index in [1.54, 1.807) is 43.5 Å². The SMILES string of the molecule is COCCn1c(SCC(=O)Nc2cc(OC)cc(OC)c2)nc2cc(Cl)ccc2c1=O. The minimum absolute atomic E-state index is 0.0466. The first kappa shape index (κ1) is 22.9. The molecule has 0 radical (unpaired) electrons. The van der Waals surface area contributed by atoms with Gasteiger partial charge < -0.3 is 19.5 Å². The molecule has 0 saturated carbocycles. The van der Waals surface area contributed by atoms with Gasteiger partial charge in [0.1, 0.15) is 11.5 Å². The van der Waals surface area contributed by atoms with Gasteiger partial charge in [-0.15, -0.1) is 0 Å². The molecule has 1 N–H and O–H groups in total. The predicted octanol–water partition coefficient (Wildman–Crippen LogP) is 3.44. The monoisotopic (exact) mass is 463 g/mol. The number of thioether (sulfide) groups is 1. The second kappa shape index (κ2) is 10.5. The van der Waals surface area contributed by atoms with Crippen LogP contribution in [0.2, 0.25) is 5.02 Å². The summed E-state index contributed by atoms with van der Waals surface area (Å²) < 4.78 is 17.1. The number of carbonyl (C=O) groups excluding carboxylic acids is 1. The summed E-state index contributed by atoms with van der Waals surface area (Å²) in [5, 5.41) is 4.15. The largest absolute Gasteiger partial charge is 0.497 e. The first-order chi connectivity index (χ1) is 14.9. The average molecular weight is 464 g/mol. The van der Waals surface area contributed by atoms with Crippen molar-refractivity contribution in [3.8, 4) is 11.5 Å². The zero-order valence-electron chi connectivity index (χ0n) is 17.3. The maximum absolute atomic E-state index is 12.9. The summed E-state index contributed by atoms with van der Waals surface area (Å²) in [5.74, 6) is 0.900. The number of benzene rings is 2. The minimum atomic E-state index is -0.265. The summed E-state index contributed by atoms with van der Waals surface area (Å²) in [6.45, 7) is 0.655. The minimum Gasteiger partial charge on any atom is -0.497 e. The quantitative estimate of drug-likeness (QED) is 0.384. The van der Waals surface area contributed by atoms with Gasteiger partial charge in [0.15, 0.2) is 5.16 Å². The molecular formula is C21H22ClN3O5S. The molecular weight excluding hydrogens is 442 g/mol. The first-order valence-electron chi connectivity index (χ1n) is 9.30. The molecule has 2 aromatic carbocycles. The highest BCUT2D eigenvalue weighted by molar-refractivity contribution is 7.99. The highest BCUT2D eigenvalue weighted by Crippen LogP contribution is 2.26. The van der Waals surface area contributed by atoms with E-state index in [0.717, 1.165) is 11.8 Å². The van der Waals surface area contributed by atoms with Crippen LogP contribution in [0.4, 0.5) is 5.69 Å². The Morgan fingerprint density at radius 3 is 2.48 bits per heavy atom. The summed E-state index contributed by atoms with van der Waals surface area (Å²) in [4.78, 5) is 30.0. The van der Waals surface area contributed by atoms with Crippen LogP contribution in [-0.4, -0.2) is 49.1 Å². The third-order valence-electron chi connectivity index (χ3n) is 4.37. The van der Waals surface area contributed by atoms with E-state index in [1.807, 2.05) is 0 Å². The fourth-order valence-corrected chi connectivity index (χ4v) is 3.86. The zero-order chi connectivity index (χ0) is 22.4. The van der Waals surface area contributed by atoms with Crippen LogP contribution in [0.15, 0.2) is 46.3 Å². The van der Waals surface area contributed by atoms with Gasteiger partial charge in [0.05, 0.1) is 44.0 Å². The second-order valence-corrected chi connectivity index (χ2v) is 7.82. The Morgan fingerprint density at radius 2 is 1.84 bits per heavy atom. The van der Waals surface area contributed by atoms with Crippen molar-refractivity contribution in [1.29, 1.82) is 0 Å². The Bertz CT molecular complexity index is 1130. The maximum atomic E-state index is 12.9. The average Bonchev–Trinajstić information content (AvgIpc) is 2.76. The number of aromatic nitrogens is 2. The van der Waals surface area contributed by atoms with Crippen LogP contribution in [0.3, 0.4) is 0 Å². The van der Waals surface area contributed by atoms with Crippen LogP contribution in [0, 0.1) is 0 Å². The molecule has 0 saturated heterocycles. The van der Waals surface area contributed by atoms with E-state index in [-0.39, 0.29) is 17.2 Å². The van der Waals surface area contributed by atoms with Crippen LogP contribution in [0.1, 0.15) is 0 Å². The Morgan fingerprint density at radius 1 is 1.13 bits per heavy atom. The van der Waals surface area contributed by atoms with Crippen molar-refractivity contribution < 1.29 is 19.0 Å². The summed E-state index contributed by atoms with van der Waals surface area (Å²) in [6, 6.07) is 10.0. The highest BCUT2D eigenvalue weighted by atomic mass is 35.5. The number of nitrogens with zero attached hydrogens (tertiary/aromatic N) is 2. The molecule has 0 fully saturated rings. The van der Waals surface area contributed by atoms with Crippen molar-refractivity contribution >= 4 is 45.9 Å². The summed E-state index contributed by atoms with van der Waals surface area (Å²) in [6.07, 6.45) is 0. The molecule has 0 aliphatic heterocycles. The lowest BCUT2D eigenvalue weighted by molar-refractivity contribution is -0.113. The normalized spacial score (nSPS) is 10.8. The van der Waals surface area contributed by atoms with Crippen LogP contribution in [0.25, 0.3) is 10.9 Å². The smallest absolute Gasteiger partial charge is 0.262 e. The number of nitrogens with one attached hydrogen (secondary N) is 1. The zero-order valence-corrected chi connectivity index (χ0v) is 18.9.